The summed E-state index contributed by atoms with van der Waals surface area (Å²) < 4.78 is 50.6. The second kappa shape index (κ2) is 17.7. The van der Waals surface area contributed by atoms with Gasteiger partial charge >= 0.3 is 14.6 Å². The van der Waals surface area contributed by atoms with Crippen LogP contribution < -0.4 is 19.9 Å². The van der Waals surface area contributed by atoms with E-state index in [1.165, 1.54) is 24.3 Å². The smallest absolute Gasteiger partial charge is 0.391 e. The van der Waals surface area contributed by atoms with Gasteiger partial charge in [0.15, 0.2) is 13.4 Å². The van der Waals surface area contributed by atoms with E-state index in [1.807, 2.05) is 33.8 Å². The van der Waals surface area contributed by atoms with Gasteiger partial charge in [-0.1, -0.05) is 49.2 Å². The topological polar surface area (TPSA) is 153 Å². The summed E-state index contributed by atoms with van der Waals surface area (Å²) in [5, 5.41) is 6.16. The largest absolute Gasteiger partial charge is 0.484 e. The minimum Gasteiger partial charge on any atom is -0.484 e. The normalized spacial score (nSPS) is 20.6. The van der Waals surface area contributed by atoms with Gasteiger partial charge in [0.05, 0.1) is 28.1 Å². The third-order valence-corrected chi connectivity index (χ3v) is 11.3. The summed E-state index contributed by atoms with van der Waals surface area (Å²) in [4.78, 5) is 58.9. The predicted octanol–water partition coefficient (Wildman–Crippen LogP) is 7.43. The molecular formula is C39H45Cl2F2N2O9P. The van der Waals surface area contributed by atoms with Crippen LogP contribution in [0, 0.1) is 25.5 Å². The molecule has 2 bridgehead atoms. The molecule has 0 spiro atoms. The summed E-state index contributed by atoms with van der Waals surface area (Å²) in [6.07, 6.45) is 1.76. The second-order valence-electron chi connectivity index (χ2n) is 15.0. The van der Waals surface area contributed by atoms with E-state index in [-0.39, 0.29) is 59.7 Å². The van der Waals surface area contributed by atoms with E-state index in [0.29, 0.717) is 36.8 Å². The molecule has 0 aliphatic heterocycles. The number of benzene rings is 3. The van der Waals surface area contributed by atoms with Crippen molar-refractivity contribution >= 4 is 49.6 Å². The van der Waals surface area contributed by atoms with Crippen LogP contribution in [0.1, 0.15) is 81.0 Å². The molecule has 55 heavy (non-hydrogen) atoms. The summed E-state index contributed by atoms with van der Waals surface area (Å²) in [5.41, 5.74) is 0.501. The van der Waals surface area contributed by atoms with Crippen molar-refractivity contribution in [2.45, 2.75) is 102 Å². The zero-order chi connectivity index (χ0) is 40.1. The Bertz CT molecular complexity index is 1910. The number of hydrogen-bond acceptors (Lipinski definition) is 9. The van der Waals surface area contributed by atoms with Crippen molar-refractivity contribution in [2.75, 3.05) is 13.4 Å². The van der Waals surface area contributed by atoms with E-state index >= 15 is 0 Å². The molecule has 3 aliphatic carbocycles. The van der Waals surface area contributed by atoms with Crippen molar-refractivity contribution in [2.24, 2.45) is 0 Å². The average molecular weight is 826 g/mol. The molecule has 1 unspecified atom stereocenters. The fraction of sp³-hybridized carbons (Fsp3) is 0.462. The van der Waals surface area contributed by atoms with Gasteiger partial charge in [-0.3, -0.25) is 14.4 Å². The van der Waals surface area contributed by atoms with Crippen LogP contribution in [0.25, 0.3) is 0 Å². The fourth-order valence-corrected chi connectivity index (χ4v) is 8.38. The van der Waals surface area contributed by atoms with Crippen LogP contribution in [0.2, 0.25) is 10.0 Å². The van der Waals surface area contributed by atoms with Crippen LogP contribution in [0.5, 0.6) is 11.5 Å². The van der Waals surface area contributed by atoms with E-state index in [2.05, 4.69) is 10.6 Å². The Hall–Kier alpha value is -3.58. The molecule has 1 atom stereocenters. The highest BCUT2D eigenvalue weighted by Crippen LogP contribution is 2.48. The maximum atomic E-state index is 14.0. The van der Waals surface area contributed by atoms with E-state index in [1.54, 1.807) is 12.1 Å². The number of ether oxygens (including phenoxy) is 3. The molecule has 6 rings (SSSR count). The molecule has 0 radical (unpaired) electrons. The van der Waals surface area contributed by atoms with Gasteiger partial charge in [-0.05, 0) is 99.4 Å². The molecule has 3 saturated carbocycles. The Labute approximate surface area is 330 Å². The van der Waals surface area contributed by atoms with Crippen LogP contribution in [-0.4, -0.2) is 58.2 Å². The average Bonchev–Trinajstić information content (AvgIpc) is 3.09. The highest BCUT2D eigenvalue weighted by atomic mass is 35.5. The van der Waals surface area contributed by atoms with E-state index in [9.17, 15) is 33.0 Å². The number of esters is 1. The van der Waals surface area contributed by atoms with Gasteiger partial charge in [0.25, 0.3) is 5.91 Å². The molecular weight excluding hydrogens is 780 g/mol. The first-order chi connectivity index (χ1) is 25.9. The molecule has 3 aromatic carbocycles. The molecule has 3 aromatic rings. The number of hydrogen-bond donors (Lipinski definition) is 4. The van der Waals surface area contributed by atoms with Gasteiger partial charge in [0.2, 0.25) is 5.91 Å². The minimum atomic E-state index is -2.70. The Morgan fingerprint density at radius 1 is 0.927 bits per heavy atom. The molecule has 16 heteroatoms. The van der Waals surface area contributed by atoms with Gasteiger partial charge in [-0.2, -0.15) is 0 Å². The van der Waals surface area contributed by atoms with Crippen molar-refractivity contribution in [3.8, 4) is 11.5 Å². The van der Waals surface area contributed by atoms with Gasteiger partial charge in [-0.25, -0.2) is 8.78 Å². The molecule has 298 valence electrons. The Kier molecular flexibility index (Phi) is 13.7. The lowest BCUT2D eigenvalue weighted by Crippen LogP contribution is -2.71. The third-order valence-electron chi connectivity index (χ3n) is 10.3. The first-order valence-corrected chi connectivity index (χ1v) is 19.7. The van der Waals surface area contributed by atoms with Crippen LogP contribution >= 0.6 is 31.8 Å². The molecule has 3 fully saturated rings. The summed E-state index contributed by atoms with van der Waals surface area (Å²) >= 11 is 11.6. The number of nitrogens with one attached hydrogen (secondary N) is 2. The monoisotopic (exact) mass is 824 g/mol. The fourth-order valence-electron chi connectivity index (χ4n) is 7.83. The molecule has 4 N–H and O–H groups in total. The predicted molar refractivity (Wildman–Crippen MR) is 203 cm³/mol. The van der Waals surface area contributed by atoms with E-state index < -0.39 is 61.5 Å². The molecule has 11 nitrogen and oxygen atoms in total. The number of amides is 2. The number of rotatable bonds is 16. The highest BCUT2D eigenvalue weighted by Gasteiger charge is 2.56. The number of aryl methyl sites for hydroxylation is 3. The first kappa shape index (κ1) is 42.6. The van der Waals surface area contributed by atoms with Crippen molar-refractivity contribution in [3.05, 3.63) is 92.5 Å². The zero-order valence-electron chi connectivity index (χ0n) is 31.0. The summed E-state index contributed by atoms with van der Waals surface area (Å²) in [6, 6.07) is 11.9. The second-order valence-corrected chi connectivity index (χ2v) is 16.5. The maximum Gasteiger partial charge on any atom is 0.391 e. The molecule has 0 saturated heterocycles. The van der Waals surface area contributed by atoms with Crippen LogP contribution in [0.3, 0.4) is 0 Å². The van der Waals surface area contributed by atoms with Crippen molar-refractivity contribution in [1.82, 2.24) is 10.6 Å². The van der Waals surface area contributed by atoms with Crippen molar-refractivity contribution < 1.29 is 51.7 Å². The van der Waals surface area contributed by atoms with Gasteiger partial charge in [0, 0.05) is 29.0 Å². The maximum absolute atomic E-state index is 14.0. The summed E-state index contributed by atoms with van der Waals surface area (Å²) in [5.74, 6) is -2.12. The number of halogens is 4. The van der Waals surface area contributed by atoms with Gasteiger partial charge < -0.3 is 39.2 Å². The van der Waals surface area contributed by atoms with Crippen molar-refractivity contribution in [3.63, 3.8) is 0 Å². The summed E-state index contributed by atoms with van der Waals surface area (Å²) in [7, 11) is -2.70. The lowest BCUT2D eigenvalue weighted by Gasteiger charge is -2.57. The lowest BCUT2D eigenvalue weighted by molar-refractivity contribution is -0.180. The lowest BCUT2D eigenvalue weighted by atomic mass is 9.59. The SMILES string of the molecule is Cc1cc(C)c(C(C)(C)CC(=O)OCOC2CC3(NC(=O)COc4ccc(Cl)c(F)c4)CCC2(NC(=O)CCc2ccc(Cl)c(F)c2)CC3)c(OP(O)O)c1. The third kappa shape index (κ3) is 10.8. The Morgan fingerprint density at radius 2 is 1.60 bits per heavy atom. The standard InChI is InChI=1S/C39H45Cl2F2N2O9P/c1-23-15-24(2)36(31(16-23)54-55(49)50)37(3,4)20-35(48)53-22-52-32-19-38(44-34(47)21-51-26-7-9-28(41)30(43)18-26)11-13-39(32,14-12-38)45-33(46)10-6-25-5-8-27(40)29(42)17-25/h5,7-9,15-18,32,49-50H,6,10-14,19-22H2,1-4H3,(H,44,47)(H,45,46). The van der Waals surface area contributed by atoms with E-state index in [0.717, 1.165) is 17.2 Å². The van der Waals surface area contributed by atoms with Crippen LogP contribution in [0.4, 0.5) is 8.78 Å². The number of carbonyl (C=O) groups excluding carboxylic acids is 3. The molecule has 3 aliphatic rings. The molecule has 0 heterocycles. The Morgan fingerprint density at radius 3 is 2.25 bits per heavy atom. The van der Waals surface area contributed by atoms with Crippen LogP contribution in [0.15, 0.2) is 48.5 Å². The molecule has 0 aromatic heterocycles. The first-order valence-electron chi connectivity index (χ1n) is 17.8. The van der Waals surface area contributed by atoms with Gasteiger partial charge in [-0.15, -0.1) is 0 Å². The summed E-state index contributed by atoms with van der Waals surface area (Å²) in [6.45, 7) is 6.52. The van der Waals surface area contributed by atoms with Crippen molar-refractivity contribution in [1.29, 1.82) is 0 Å². The molecule has 2 amide bonds. The van der Waals surface area contributed by atoms with E-state index in [4.69, 9.17) is 41.9 Å². The highest BCUT2D eigenvalue weighted by molar-refractivity contribution is 7.39. The quantitative estimate of drug-likeness (QED) is 0.0657. The van der Waals surface area contributed by atoms with Gasteiger partial charge in [0.1, 0.15) is 23.1 Å². The Balaban J connectivity index is 1.25. The zero-order valence-corrected chi connectivity index (χ0v) is 33.4. The number of carbonyl (C=O) groups is 3. The van der Waals surface area contributed by atoms with Crippen LogP contribution in [-0.2, 0) is 35.7 Å². The minimum absolute atomic E-state index is 0.00645. The number of fused-ring (bicyclic) bond motifs is 3.